The van der Waals surface area contributed by atoms with E-state index in [9.17, 15) is 15.3 Å². The molecule has 0 unspecified atom stereocenters. The molecule has 0 spiro atoms. The van der Waals surface area contributed by atoms with Crippen molar-refractivity contribution in [3.63, 3.8) is 0 Å². The number of aliphatic imine (C=N–C) groups is 1. The number of anilines is 1. The van der Waals surface area contributed by atoms with Gasteiger partial charge >= 0.3 is 5.88 Å². The molecule has 2 N–H and O–H groups in total. The lowest BCUT2D eigenvalue weighted by Crippen LogP contribution is -2.26. The number of amidine groups is 1. The Kier molecular flexibility index (Phi) is 6.17. The van der Waals surface area contributed by atoms with Crippen molar-refractivity contribution in [2.45, 2.75) is 6.92 Å². The van der Waals surface area contributed by atoms with Crippen molar-refractivity contribution in [2.75, 3.05) is 19.0 Å². The van der Waals surface area contributed by atoms with Crippen LogP contribution >= 0.6 is 0 Å². The number of hydrogen-bond donors (Lipinski definition) is 2. The Balaban J connectivity index is 2.13. The SMILES string of the molecule is C/C(=N\N=C\c1ccc([N+](=O)[O-])o1)C(=Nc1ccc(N(C)C)cc1)NO. The number of benzene rings is 1. The molecule has 1 heterocycles. The van der Waals surface area contributed by atoms with Crippen molar-refractivity contribution >= 4 is 35.0 Å². The molecule has 1 aromatic heterocycles. The first-order chi connectivity index (χ1) is 12.4. The summed E-state index contributed by atoms with van der Waals surface area (Å²) in [7, 11) is 3.86. The average molecular weight is 358 g/mol. The molecule has 0 radical (unpaired) electrons. The standard InChI is InChI=1S/C16H18N6O4/c1-11(19-17-10-14-8-9-15(26-14)22(24)25)16(20-23)18-12-4-6-13(7-5-12)21(2)3/h4-10,23H,1-3H3,(H,18,20)/b17-10+,19-11+. The Morgan fingerprint density at radius 3 is 2.50 bits per heavy atom. The van der Waals surface area contributed by atoms with Crippen molar-refractivity contribution in [1.82, 2.24) is 5.48 Å². The molecule has 0 bridgehead atoms. The third kappa shape index (κ3) is 4.98. The molecule has 0 atom stereocenters. The second-order valence-electron chi connectivity index (χ2n) is 5.35. The van der Waals surface area contributed by atoms with Crippen LogP contribution in [0.3, 0.4) is 0 Å². The highest BCUT2D eigenvalue weighted by molar-refractivity contribution is 6.40. The van der Waals surface area contributed by atoms with Crippen LogP contribution in [0.5, 0.6) is 0 Å². The Morgan fingerprint density at radius 1 is 1.27 bits per heavy atom. The van der Waals surface area contributed by atoms with Gasteiger partial charge in [-0.25, -0.2) is 4.99 Å². The molecule has 1 aromatic carbocycles. The number of rotatable bonds is 6. The van der Waals surface area contributed by atoms with Gasteiger partial charge in [0.25, 0.3) is 0 Å². The van der Waals surface area contributed by atoms with Gasteiger partial charge in [0.1, 0.15) is 10.6 Å². The van der Waals surface area contributed by atoms with Gasteiger partial charge in [-0.2, -0.15) is 10.2 Å². The fraction of sp³-hybridized carbons (Fsp3) is 0.188. The highest BCUT2D eigenvalue weighted by Gasteiger charge is 2.10. The summed E-state index contributed by atoms with van der Waals surface area (Å²) in [5.74, 6) is -0.0826. The maximum absolute atomic E-state index is 10.5. The minimum atomic E-state index is -0.645. The summed E-state index contributed by atoms with van der Waals surface area (Å²) in [6.07, 6.45) is 1.22. The highest BCUT2D eigenvalue weighted by atomic mass is 16.6. The summed E-state index contributed by atoms with van der Waals surface area (Å²) in [4.78, 5) is 16.1. The largest absolute Gasteiger partial charge is 0.433 e. The average Bonchev–Trinajstić information content (AvgIpc) is 3.09. The summed E-state index contributed by atoms with van der Waals surface area (Å²) in [5, 5.41) is 27.5. The number of hydroxylamine groups is 1. The van der Waals surface area contributed by atoms with E-state index in [1.54, 1.807) is 19.1 Å². The van der Waals surface area contributed by atoms with Crippen molar-refractivity contribution in [3.05, 3.63) is 52.3 Å². The predicted molar refractivity (Wildman–Crippen MR) is 98.9 cm³/mol. The Bertz CT molecular complexity index is 852. The van der Waals surface area contributed by atoms with E-state index in [1.165, 1.54) is 18.3 Å². The Hall–Kier alpha value is -3.53. The van der Waals surface area contributed by atoms with Gasteiger partial charge in [0.15, 0.2) is 11.6 Å². The van der Waals surface area contributed by atoms with Gasteiger partial charge in [-0.1, -0.05) is 0 Å². The smallest absolute Gasteiger partial charge is 0.400 e. The lowest BCUT2D eigenvalue weighted by atomic mass is 10.2. The lowest BCUT2D eigenvalue weighted by molar-refractivity contribution is -0.402. The second kappa shape index (κ2) is 8.53. The minimum Gasteiger partial charge on any atom is -0.400 e. The van der Waals surface area contributed by atoms with E-state index in [2.05, 4.69) is 15.2 Å². The predicted octanol–water partition coefficient (Wildman–Crippen LogP) is 2.76. The van der Waals surface area contributed by atoms with Crippen LogP contribution in [0.2, 0.25) is 0 Å². The zero-order valence-electron chi connectivity index (χ0n) is 14.4. The van der Waals surface area contributed by atoms with Crippen molar-refractivity contribution in [2.24, 2.45) is 15.2 Å². The fourth-order valence-electron chi connectivity index (χ4n) is 1.87. The van der Waals surface area contributed by atoms with E-state index in [0.717, 1.165) is 5.69 Å². The lowest BCUT2D eigenvalue weighted by Gasteiger charge is -2.12. The summed E-state index contributed by atoms with van der Waals surface area (Å²) < 4.78 is 4.92. The van der Waals surface area contributed by atoms with E-state index in [0.29, 0.717) is 11.4 Å². The monoisotopic (exact) mass is 358 g/mol. The molecule has 0 aliphatic heterocycles. The zero-order chi connectivity index (χ0) is 19.1. The van der Waals surface area contributed by atoms with E-state index >= 15 is 0 Å². The maximum atomic E-state index is 10.5. The molecule has 0 aliphatic rings. The van der Waals surface area contributed by atoms with Crippen LogP contribution in [0.25, 0.3) is 0 Å². The molecule has 0 saturated heterocycles. The molecule has 136 valence electrons. The molecule has 10 heteroatoms. The van der Waals surface area contributed by atoms with Gasteiger partial charge in [-0.05, 0) is 37.3 Å². The first-order valence-corrected chi connectivity index (χ1v) is 7.49. The highest BCUT2D eigenvalue weighted by Crippen LogP contribution is 2.18. The third-order valence-electron chi connectivity index (χ3n) is 3.24. The topological polar surface area (TPSA) is 129 Å². The first kappa shape index (κ1) is 18.8. The third-order valence-corrected chi connectivity index (χ3v) is 3.24. The van der Waals surface area contributed by atoms with Crippen LogP contribution in [-0.4, -0.2) is 42.0 Å². The van der Waals surface area contributed by atoms with Crippen LogP contribution in [-0.2, 0) is 0 Å². The molecule has 10 nitrogen and oxygen atoms in total. The molecule has 0 amide bonds. The van der Waals surface area contributed by atoms with Gasteiger partial charge in [-0.3, -0.25) is 20.8 Å². The van der Waals surface area contributed by atoms with Crippen LogP contribution in [0.1, 0.15) is 12.7 Å². The van der Waals surface area contributed by atoms with Crippen LogP contribution < -0.4 is 10.4 Å². The molecular formula is C16H18N6O4. The molecule has 26 heavy (non-hydrogen) atoms. The number of nitrogens with one attached hydrogen (secondary N) is 1. The zero-order valence-corrected chi connectivity index (χ0v) is 14.4. The van der Waals surface area contributed by atoms with E-state index in [4.69, 9.17) is 4.42 Å². The summed E-state index contributed by atoms with van der Waals surface area (Å²) >= 11 is 0. The maximum Gasteiger partial charge on any atom is 0.433 e. The summed E-state index contributed by atoms with van der Waals surface area (Å²) in [5.41, 5.74) is 3.92. The summed E-state index contributed by atoms with van der Waals surface area (Å²) in [6.45, 7) is 1.60. The van der Waals surface area contributed by atoms with Crippen molar-refractivity contribution < 1.29 is 14.5 Å². The van der Waals surface area contributed by atoms with Crippen LogP contribution in [0.15, 0.2) is 56.0 Å². The Morgan fingerprint density at radius 2 is 1.96 bits per heavy atom. The molecule has 0 aliphatic carbocycles. The number of furan rings is 1. The number of nitro groups is 1. The normalized spacial score (nSPS) is 12.5. The van der Waals surface area contributed by atoms with Gasteiger partial charge < -0.3 is 9.32 Å². The van der Waals surface area contributed by atoms with E-state index < -0.39 is 4.92 Å². The quantitative estimate of drug-likeness (QED) is 0.353. The van der Waals surface area contributed by atoms with Crippen molar-refractivity contribution in [1.29, 1.82) is 0 Å². The number of nitrogens with zero attached hydrogens (tertiary/aromatic N) is 5. The number of hydrogen-bond acceptors (Lipinski definition) is 8. The first-order valence-electron chi connectivity index (χ1n) is 7.49. The van der Waals surface area contributed by atoms with Gasteiger partial charge in [0.05, 0.1) is 18.0 Å². The van der Waals surface area contributed by atoms with E-state index in [1.807, 2.05) is 36.6 Å². The van der Waals surface area contributed by atoms with Gasteiger partial charge in [0.2, 0.25) is 0 Å². The fourth-order valence-corrected chi connectivity index (χ4v) is 1.87. The van der Waals surface area contributed by atoms with Crippen molar-refractivity contribution in [3.8, 4) is 0 Å². The van der Waals surface area contributed by atoms with Crippen LogP contribution in [0.4, 0.5) is 17.3 Å². The second-order valence-corrected chi connectivity index (χ2v) is 5.35. The molecular weight excluding hydrogens is 340 g/mol. The summed E-state index contributed by atoms with van der Waals surface area (Å²) in [6, 6.07) is 10.00. The molecule has 0 fully saturated rings. The van der Waals surface area contributed by atoms with E-state index in [-0.39, 0.29) is 17.5 Å². The minimum absolute atomic E-state index is 0.116. The van der Waals surface area contributed by atoms with Crippen LogP contribution in [0, 0.1) is 10.1 Å². The molecule has 2 rings (SSSR count). The Labute approximate surface area is 149 Å². The van der Waals surface area contributed by atoms with Gasteiger partial charge in [-0.15, -0.1) is 0 Å². The molecule has 0 saturated carbocycles. The van der Waals surface area contributed by atoms with Gasteiger partial charge in [0, 0.05) is 19.8 Å². The molecule has 2 aromatic rings.